The van der Waals surface area contributed by atoms with Gasteiger partial charge in [0.25, 0.3) is 5.91 Å². The first kappa shape index (κ1) is 23.4. The molecule has 1 atom stereocenters. The minimum absolute atomic E-state index is 0.0496. The lowest BCUT2D eigenvalue weighted by Gasteiger charge is -2.39. The van der Waals surface area contributed by atoms with Crippen molar-refractivity contribution in [2.45, 2.75) is 37.3 Å². The molecule has 0 saturated carbocycles. The fourth-order valence-electron chi connectivity index (χ4n) is 5.54. The van der Waals surface area contributed by atoms with Crippen molar-refractivity contribution in [2.24, 2.45) is 11.3 Å². The first-order chi connectivity index (χ1) is 16.5. The molecule has 3 aliphatic heterocycles. The molecule has 5 rings (SSSR count). The van der Waals surface area contributed by atoms with Gasteiger partial charge in [0.15, 0.2) is 0 Å². The zero-order chi connectivity index (χ0) is 23.7. The highest BCUT2D eigenvalue weighted by atomic mass is 32.2. The number of rotatable bonds is 5. The Kier molecular flexibility index (Phi) is 6.66. The van der Waals surface area contributed by atoms with Crippen molar-refractivity contribution in [1.82, 2.24) is 19.7 Å². The number of carbonyl (C=O) groups excluding carboxylic acids is 3. The molecule has 0 aliphatic carbocycles. The van der Waals surface area contributed by atoms with Gasteiger partial charge in [0.2, 0.25) is 11.8 Å². The van der Waals surface area contributed by atoms with E-state index in [4.69, 9.17) is 0 Å². The fraction of sp³-hybridized carbons (Fsp3) is 0.520. The molecule has 34 heavy (non-hydrogen) atoms. The second kappa shape index (κ2) is 9.70. The van der Waals surface area contributed by atoms with Crippen LogP contribution in [0.15, 0.2) is 40.9 Å². The Bertz CT molecular complexity index is 1070. The maximum absolute atomic E-state index is 13.3. The molecule has 7 nitrogen and oxygen atoms in total. The van der Waals surface area contributed by atoms with Crippen LogP contribution < -0.4 is 0 Å². The predicted octanol–water partition coefficient (Wildman–Crippen LogP) is 3.37. The highest BCUT2D eigenvalue weighted by Gasteiger charge is 2.45. The Labute approximate surface area is 208 Å². The summed E-state index contributed by atoms with van der Waals surface area (Å²) in [5.41, 5.74) is 0.760. The van der Waals surface area contributed by atoms with Gasteiger partial charge in [-0.1, -0.05) is 6.07 Å². The van der Waals surface area contributed by atoms with E-state index in [1.807, 2.05) is 50.6 Å². The predicted molar refractivity (Wildman–Crippen MR) is 133 cm³/mol. The second-order valence-corrected chi connectivity index (χ2v) is 11.4. The zero-order valence-electron chi connectivity index (χ0n) is 19.4. The third kappa shape index (κ3) is 4.60. The first-order valence-corrected chi connectivity index (χ1v) is 14.0. The van der Waals surface area contributed by atoms with E-state index in [0.29, 0.717) is 38.2 Å². The van der Waals surface area contributed by atoms with Crippen molar-refractivity contribution in [3.63, 3.8) is 0 Å². The molecular formula is C25H30N4O3S2. The molecule has 2 aromatic heterocycles. The average molecular weight is 499 g/mol. The van der Waals surface area contributed by atoms with Crippen molar-refractivity contribution in [1.29, 1.82) is 0 Å². The van der Waals surface area contributed by atoms with Crippen LogP contribution in [0.4, 0.5) is 0 Å². The first-order valence-electron chi connectivity index (χ1n) is 11.9. The lowest BCUT2D eigenvalue weighted by molar-refractivity contribution is -0.135. The third-order valence-electron chi connectivity index (χ3n) is 7.55. The van der Waals surface area contributed by atoms with Crippen molar-refractivity contribution in [3.8, 4) is 0 Å². The molecule has 180 valence electrons. The highest BCUT2D eigenvalue weighted by Crippen LogP contribution is 2.41. The summed E-state index contributed by atoms with van der Waals surface area (Å²) in [5, 5.41) is 2.78. The molecule has 0 bridgehead atoms. The smallest absolute Gasteiger partial charge is 0.256 e. The Hall–Kier alpha value is -2.39. The summed E-state index contributed by atoms with van der Waals surface area (Å²) in [4.78, 5) is 50.1. The number of carbonyl (C=O) groups is 3. The van der Waals surface area contributed by atoms with E-state index < -0.39 is 0 Å². The molecule has 3 amide bonds. The number of aromatic nitrogens is 1. The lowest BCUT2D eigenvalue weighted by atomic mass is 9.77. The normalized spacial score (nSPS) is 22.1. The number of nitrogens with zero attached hydrogens (tertiary/aromatic N) is 4. The Morgan fingerprint density at radius 1 is 1.15 bits per heavy atom. The summed E-state index contributed by atoms with van der Waals surface area (Å²) in [6.07, 6.45) is 6.77. The summed E-state index contributed by atoms with van der Waals surface area (Å²) in [5.74, 6) is 0.0123. The summed E-state index contributed by atoms with van der Waals surface area (Å²) < 4.78 is 0. The largest absolute Gasteiger partial charge is 0.342 e. The van der Waals surface area contributed by atoms with Gasteiger partial charge in [-0.15, -0.1) is 23.1 Å². The number of hydrogen-bond acceptors (Lipinski definition) is 6. The SMILES string of the molecule is CSc1ncccc1C(=O)N1CCC2(CC1)CCN(C(=O)C1CC(=O)N(Cc3cccs3)C1)C2. The van der Waals surface area contributed by atoms with Gasteiger partial charge in [-0.05, 0) is 54.5 Å². The fourth-order valence-corrected chi connectivity index (χ4v) is 6.80. The number of thiophene rings is 1. The van der Waals surface area contributed by atoms with Crippen LogP contribution in [0.3, 0.4) is 0 Å². The van der Waals surface area contributed by atoms with Crippen LogP contribution in [0.2, 0.25) is 0 Å². The second-order valence-electron chi connectivity index (χ2n) is 9.62. The zero-order valence-corrected chi connectivity index (χ0v) is 21.1. The Morgan fingerprint density at radius 3 is 2.62 bits per heavy atom. The average Bonchev–Trinajstić information content (AvgIpc) is 3.61. The van der Waals surface area contributed by atoms with Crippen LogP contribution in [0.25, 0.3) is 0 Å². The monoisotopic (exact) mass is 498 g/mol. The molecule has 3 fully saturated rings. The maximum Gasteiger partial charge on any atom is 0.256 e. The van der Waals surface area contributed by atoms with Crippen molar-refractivity contribution in [2.75, 3.05) is 39.0 Å². The molecule has 0 aromatic carbocycles. The van der Waals surface area contributed by atoms with Gasteiger partial charge in [-0.2, -0.15) is 0 Å². The maximum atomic E-state index is 13.3. The van der Waals surface area contributed by atoms with Gasteiger partial charge >= 0.3 is 0 Å². The van der Waals surface area contributed by atoms with Gasteiger partial charge in [0.1, 0.15) is 5.03 Å². The van der Waals surface area contributed by atoms with E-state index in [1.54, 1.807) is 17.5 Å². The summed E-state index contributed by atoms with van der Waals surface area (Å²) in [6, 6.07) is 7.69. The van der Waals surface area contributed by atoms with Crippen molar-refractivity contribution in [3.05, 3.63) is 46.3 Å². The number of likely N-dealkylation sites (tertiary alicyclic amines) is 3. The summed E-state index contributed by atoms with van der Waals surface area (Å²) >= 11 is 3.14. The minimum Gasteiger partial charge on any atom is -0.342 e. The highest BCUT2D eigenvalue weighted by molar-refractivity contribution is 7.98. The van der Waals surface area contributed by atoms with E-state index in [1.165, 1.54) is 11.8 Å². The van der Waals surface area contributed by atoms with Crippen LogP contribution in [-0.4, -0.2) is 76.4 Å². The summed E-state index contributed by atoms with van der Waals surface area (Å²) in [7, 11) is 0. The van der Waals surface area contributed by atoms with Crippen LogP contribution in [0.5, 0.6) is 0 Å². The molecule has 0 radical (unpaired) electrons. The van der Waals surface area contributed by atoms with E-state index in [2.05, 4.69) is 4.98 Å². The lowest BCUT2D eigenvalue weighted by Crippen LogP contribution is -2.45. The topological polar surface area (TPSA) is 73.8 Å². The van der Waals surface area contributed by atoms with E-state index in [-0.39, 0.29) is 29.1 Å². The standard InChI is InChI=1S/C25H30N4O3S2/c1-33-22-20(5-2-9-26-22)24(32)27-10-6-25(7-11-27)8-12-28(17-25)23(31)18-14-21(30)29(15-18)16-19-4-3-13-34-19/h2-5,9,13,18H,6-8,10-12,14-17H2,1H3. The Morgan fingerprint density at radius 2 is 1.91 bits per heavy atom. The van der Waals surface area contributed by atoms with Crippen molar-refractivity contribution >= 4 is 40.8 Å². The van der Waals surface area contributed by atoms with E-state index >= 15 is 0 Å². The van der Waals surface area contributed by atoms with Crippen LogP contribution in [0, 0.1) is 11.3 Å². The van der Waals surface area contributed by atoms with Gasteiger partial charge < -0.3 is 14.7 Å². The molecular weight excluding hydrogens is 468 g/mol. The molecule has 1 unspecified atom stereocenters. The number of hydrogen-bond donors (Lipinski definition) is 0. The quantitative estimate of drug-likeness (QED) is 0.591. The molecule has 3 aliphatic rings. The molecule has 9 heteroatoms. The van der Waals surface area contributed by atoms with Crippen LogP contribution in [0.1, 0.15) is 40.9 Å². The van der Waals surface area contributed by atoms with Gasteiger partial charge in [-0.3, -0.25) is 14.4 Å². The number of piperidine rings is 1. The van der Waals surface area contributed by atoms with E-state index in [9.17, 15) is 14.4 Å². The molecule has 5 heterocycles. The minimum atomic E-state index is -0.236. The number of thioether (sulfide) groups is 1. The number of pyridine rings is 1. The van der Waals surface area contributed by atoms with Gasteiger partial charge in [0, 0.05) is 50.2 Å². The van der Waals surface area contributed by atoms with Crippen LogP contribution in [-0.2, 0) is 16.1 Å². The van der Waals surface area contributed by atoms with E-state index in [0.717, 1.165) is 42.3 Å². The summed E-state index contributed by atoms with van der Waals surface area (Å²) in [6.45, 7) is 4.03. The Balaban J connectivity index is 1.16. The third-order valence-corrected chi connectivity index (χ3v) is 9.12. The molecule has 3 saturated heterocycles. The van der Waals surface area contributed by atoms with Crippen LogP contribution >= 0.6 is 23.1 Å². The molecule has 1 spiro atoms. The number of amides is 3. The van der Waals surface area contributed by atoms with Crippen molar-refractivity contribution < 1.29 is 14.4 Å². The molecule has 0 N–H and O–H groups in total. The van der Waals surface area contributed by atoms with Gasteiger partial charge in [-0.25, -0.2) is 4.98 Å². The molecule has 2 aromatic rings. The van der Waals surface area contributed by atoms with Gasteiger partial charge in [0.05, 0.1) is 18.0 Å².